The Balaban J connectivity index is 0.000000444. The monoisotopic (exact) mass is 301 g/mol. The number of hydrogen-bond donors (Lipinski definition) is 1. The van der Waals surface area contributed by atoms with Crippen molar-refractivity contribution in [2.24, 2.45) is 0 Å². The van der Waals surface area contributed by atoms with Crippen LogP contribution in [0.15, 0.2) is 59.5 Å². The smallest absolute Gasteiger partial charge is 0.379 e. The maximum atomic E-state index is 9.67. The van der Waals surface area contributed by atoms with E-state index in [2.05, 4.69) is 30.5 Å². The Morgan fingerprint density at radius 2 is 1.45 bits per heavy atom. The summed E-state index contributed by atoms with van der Waals surface area (Å²) in [5.74, 6) is 1.39. The van der Waals surface area contributed by atoms with Gasteiger partial charge in [-0.25, -0.2) is 0 Å². The third kappa shape index (κ3) is 6.52. The Morgan fingerprint density at radius 1 is 0.950 bits per heavy atom. The Hall–Kier alpha value is -1.62. The van der Waals surface area contributed by atoms with Crippen LogP contribution in [-0.2, 0) is 16.6 Å². The van der Waals surface area contributed by atoms with Crippen molar-refractivity contribution in [2.45, 2.75) is 17.3 Å². The average Bonchev–Trinajstić information content (AvgIpc) is 2.40. The van der Waals surface area contributed by atoms with Crippen molar-refractivity contribution in [2.75, 3.05) is 6.26 Å². The second-order valence-corrected chi connectivity index (χ2v) is 6.04. The SMILES string of the molecule is C[S+](Cc1ccccc1)c1ccc(O)cc1.FC(F)F. The van der Waals surface area contributed by atoms with Crippen molar-refractivity contribution >= 4 is 10.9 Å². The zero-order valence-electron chi connectivity index (χ0n) is 11.0. The Kier molecular flexibility index (Phi) is 7.01. The van der Waals surface area contributed by atoms with Crippen LogP contribution in [0.3, 0.4) is 0 Å². The fourth-order valence-electron chi connectivity index (χ4n) is 1.59. The van der Waals surface area contributed by atoms with Gasteiger partial charge in [-0.15, -0.1) is 0 Å². The molecule has 0 heterocycles. The first-order valence-electron chi connectivity index (χ1n) is 5.86. The van der Waals surface area contributed by atoms with Gasteiger partial charge in [0.15, 0.2) is 4.90 Å². The molecule has 0 aliphatic heterocycles. The van der Waals surface area contributed by atoms with E-state index < -0.39 is 6.68 Å². The number of halogens is 3. The van der Waals surface area contributed by atoms with E-state index in [4.69, 9.17) is 0 Å². The lowest BCUT2D eigenvalue weighted by Gasteiger charge is -2.03. The van der Waals surface area contributed by atoms with E-state index >= 15 is 0 Å². The first kappa shape index (κ1) is 16.4. The van der Waals surface area contributed by atoms with E-state index in [1.54, 1.807) is 12.1 Å². The minimum atomic E-state index is -3.67. The number of hydrogen-bond acceptors (Lipinski definition) is 1. The molecule has 0 aliphatic rings. The highest BCUT2D eigenvalue weighted by molar-refractivity contribution is 7.95. The number of phenols is 1. The van der Waals surface area contributed by atoms with Crippen LogP contribution in [0.25, 0.3) is 0 Å². The van der Waals surface area contributed by atoms with Crippen LogP contribution in [-0.4, -0.2) is 18.0 Å². The van der Waals surface area contributed by atoms with Gasteiger partial charge in [-0.3, -0.25) is 0 Å². The maximum Gasteiger partial charge on any atom is 0.379 e. The molecule has 1 N–H and O–H groups in total. The molecule has 0 fully saturated rings. The van der Waals surface area contributed by atoms with Gasteiger partial charge in [0.05, 0.1) is 0 Å². The Labute approximate surface area is 119 Å². The highest BCUT2D eigenvalue weighted by Gasteiger charge is 2.15. The maximum absolute atomic E-state index is 9.67. The van der Waals surface area contributed by atoms with E-state index in [9.17, 15) is 18.3 Å². The first-order valence-corrected chi connectivity index (χ1v) is 7.67. The molecule has 20 heavy (non-hydrogen) atoms. The highest BCUT2D eigenvalue weighted by atomic mass is 32.2. The molecule has 1 nitrogen and oxygen atoms in total. The summed E-state index contributed by atoms with van der Waals surface area (Å²) < 4.78 is 29.0. The molecule has 0 aromatic heterocycles. The predicted octanol–water partition coefficient (Wildman–Crippen LogP) is 4.38. The number of alkyl halides is 3. The van der Waals surface area contributed by atoms with Crippen molar-refractivity contribution in [1.82, 2.24) is 0 Å². The summed E-state index contributed by atoms with van der Waals surface area (Å²) >= 11 is 0. The highest BCUT2D eigenvalue weighted by Crippen LogP contribution is 2.19. The zero-order valence-corrected chi connectivity index (χ0v) is 11.8. The summed E-state index contributed by atoms with van der Waals surface area (Å²) in [5, 5.41) is 9.23. The molecule has 2 aromatic rings. The number of phenolic OH excluding ortho intramolecular Hbond substituents is 1. The van der Waals surface area contributed by atoms with Gasteiger partial charge in [0, 0.05) is 16.5 Å². The normalized spacial score (nSPS) is 11.7. The summed E-state index contributed by atoms with van der Waals surface area (Å²) in [5.41, 5.74) is 1.36. The Bertz CT molecular complexity index is 485. The van der Waals surface area contributed by atoms with E-state index in [-0.39, 0.29) is 10.9 Å². The van der Waals surface area contributed by atoms with Crippen molar-refractivity contribution < 1.29 is 18.3 Å². The summed E-state index contributed by atoms with van der Waals surface area (Å²) in [7, 11) is 0.196. The van der Waals surface area contributed by atoms with Crippen LogP contribution in [0.5, 0.6) is 5.75 Å². The molecule has 108 valence electrons. The number of rotatable bonds is 3. The van der Waals surface area contributed by atoms with Gasteiger partial charge in [-0.2, -0.15) is 13.2 Å². The third-order valence-corrected chi connectivity index (χ3v) is 4.31. The van der Waals surface area contributed by atoms with Crippen LogP contribution in [0, 0.1) is 0 Å². The molecular formula is C15H16F3OS+. The van der Waals surface area contributed by atoms with Gasteiger partial charge in [0.25, 0.3) is 0 Å². The van der Waals surface area contributed by atoms with Crippen LogP contribution in [0.4, 0.5) is 13.2 Å². The summed E-state index contributed by atoms with van der Waals surface area (Å²) in [6, 6.07) is 18.0. The number of benzene rings is 2. The summed E-state index contributed by atoms with van der Waals surface area (Å²) in [4.78, 5) is 1.29. The predicted molar refractivity (Wildman–Crippen MR) is 76.9 cm³/mol. The third-order valence-electron chi connectivity index (χ3n) is 2.47. The minimum absolute atomic E-state index is 0.196. The fourth-order valence-corrected chi connectivity index (χ4v) is 3.05. The van der Waals surface area contributed by atoms with Gasteiger partial charge in [0.1, 0.15) is 17.8 Å². The minimum Gasteiger partial charge on any atom is -0.508 e. The molecule has 0 amide bonds. The second kappa shape index (κ2) is 8.53. The lowest BCUT2D eigenvalue weighted by atomic mass is 10.2. The van der Waals surface area contributed by atoms with Gasteiger partial charge in [-0.1, -0.05) is 30.3 Å². The first-order chi connectivity index (χ1) is 9.49. The van der Waals surface area contributed by atoms with Gasteiger partial charge in [-0.05, 0) is 24.3 Å². The van der Waals surface area contributed by atoms with Crippen LogP contribution < -0.4 is 0 Å². The van der Waals surface area contributed by atoms with E-state index in [0.717, 1.165) is 5.75 Å². The zero-order chi connectivity index (χ0) is 15.0. The van der Waals surface area contributed by atoms with Crippen molar-refractivity contribution in [3.05, 3.63) is 60.2 Å². The van der Waals surface area contributed by atoms with Gasteiger partial charge in [0.2, 0.25) is 0 Å². The van der Waals surface area contributed by atoms with Crippen molar-refractivity contribution in [3.8, 4) is 5.75 Å². The van der Waals surface area contributed by atoms with E-state index in [0.29, 0.717) is 5.75 Å². The average molecular weight is 301 g/mol. The van der Waals surface area contributed by atoms with Gasteiger partial charge < -0.3 is 5.11 Å². The lowest BCUT2D eigenvalue weighted by Crippen LogP contribution is -2.03. The molecule has 0 saturated heterocycles. The molecule has 0 spiro atoms. The molecule has 0 radical (unpaired) electrons. The van der Waals surface area contributed by atoms with Crippen LogP contribution in [0.1, 0.15) is 5.56 Å². The molecule has 5 heteroatoms. The standard InChI is InChI=1S/C14H14OS.CHF3/c1-16(11-12-5-3-2-4-6-12)14-9-7-13(15)8-10-14;2-1(3)4/h2-10H,11H2,1H3;1H/p+1. The molecular weight excluding hydrogens is 285 g/mol. The van der Waals surface area contributed by atoms with Crippen LogP contribution >= 0.6 is 0 Å². The largest absolute Gasteiger partial charge is 0.508 e. The summed E-state index contributed by atoms with van der Waals surface area (Å²) in [6.45, 7) is -3.67. The molecule has 2 rings (SSSR count). The molecule has 1 atom stereocenters. The second-order valence-electron chi connectivity index (χ2n) is 4.01. The van der Waals surface area contributed by atoms with Crippen molar-refractivity contribution in [1.29, 1.82) is 0 Å². The number of aromatic hydroxyl groups is 1. The summed E-state index contributed by atoms with van der Waals surface area (Å²) in [6.07, 6.45) is 2.24. The quantitative estimate of drug-likeness (QED) is 0.834. The molecule has 0 saturated carbocycles. The molecule has 0 bridgehead atoms. The topological polar surface area (TPSA) is 20.2 Å². The van der Waals surface area contributed by atoms with Crippen molar-refractivity contribution in [3.63, 3.8) is 0 Å². The lowest BCUT2D eigenvalue weighted by molar-refractivity contribution is 0.00819. The molecule has 1 unspecified atom stereocenters. The van der Waals surface area contributed by atoms with E-state index in [1.807, 2.05) is 18.2 Å². The Morgan fingerprint density at radius 3 is 1.95 bits per heavy atom. The molecule has 2 aromatic carbocycles. The van der Waals surface area contributed by atoms with E-state index in [1.165, 1.54) is 10.5 Å². The molecule has 0 aliphatic carbocycles. The fraction of sp³-hybridized carbons (Fsp3) is 0.200. The van der Waals surface area contributed by atoms with Crippen LogP contribution in [0.2, 0.25) is 0 Å². The van der Waals surface area contributed by atoms with Gasteiger partial charge >= 0.3 is 6.68 Å².